The molecule has 10 nitrogen and oxygen atoms in total. The number of hydrogen-bond donors (Lipinski definition) is 2. The molecule has 3 N–H and O–H groups in total. The van der Waals surface area contributed by atoms with Gasteiger partial charge in [0.05, 0.1) is 37.4 Å². The Morgan fingerprint density at radius 2 is 1.78 bits per heavy atom. The number of aliphatic hydroxyl groups is 1. The minimum Gasteiger partial charge on any atom is -0.388 e. The summed E-state index contributed by atoms with van der Waals surface area (Å²) in [4.78, 5) is 22.2. The van der Waals surface area contributed by atoms with Gasteiger partial charge in [-0.15, -0.1) is 0 Å². The fourth-order valence-electron chi connectivity index (χ4n) is 5.86. The first-order valence-corrected chi connectivity index (χ1v) is 14.1. The minimum atomic E-state index is -1.07. The normalized spacial score (nSPS) is 17.8. The van der Waals surface area contributed by atoms with Crippen molar-refractivity contribution in [2.75, 3.05) is 44.3 Å². The third-order valence-electron chi connectivity index (χ3n) is 8.33. The van der Waals surface area contributed by atoms with Gasteiger partial charge in [-0.25, -0.2) is 9.37 Å². The van der Waals surface area contributed by atoms with Crippen LogP contribution in [0.4, 0.5) is 10.1 Å². The smallest absolute Gasteiger partial charge is 0.281 e. The second-order valence-electron chi connectivity index (χ2n) is 11.1. The van der Waals surface area contributed by atoms with Crippen LogP contribution in [0.2, 0.25) is 0 Å². The van der Waals surface area contributed by atoms with Gasteiger partial charge in [-0.3, -0.25) is 18.9 Å². The highest BCUT2D eigenvalue weighted by Crippen LogP contribution is 2.28. The van der Waals surface area contributed by atoms with E-state index in [1.807, 2.05) is 36.4 Å². The van der Waals surface area contributed by atoms with Crippen molar-refractivity contribution >= 4 is 16.7 Å². The molecule has 6 rings (SSSR count). The third kappa shape index (κ3) is 5.62. The Morgan fingerprint density at radius 3 is 2.46 bits per heavy atom. The van der Waals surface area contributed by atoms with E-state index in [4.69, 9.17) is 10.5 Å². The number of nitrogens with zero attached hydrogens (tertiary/aromatic N) is 6. The molecule has 216 valence electrons. The molecule has 0 aliphatic carbocycles. The molecule has 2 saturated heterocycles. The van der Waals surface area contributed by atoms with Crippen molar-refractivity contribution in [2.45, 2.75) is 38.1 Å². The number of aryl methyl sites for hydroxylation is 1. The van der Waals surface area contributed by atoms with Gasteiger partial charge in [-0.2, -0.15) is 5.10 Å². The van der Waals surface area contributed by atoms with Crippen molar-refractivity contribution in [1.82, 2.24) is 24.2 Å². The Balaban J connectivity index is 1.12. The highest BCUT2D eigenvalue weighted by atomic mass is 19.1. The van der Waals surface area contributed by atoms with Crippen molar-refractivity contribution < 1.29 is 14.2 Å². The zero-order valence-corrected chi connectivity index (χ0v) is 23.3. The van der Waals surface area contributed by atoms with Gasteiger partial charge in [0, 0.05) is 63.1 Å². The summed E-state index contributed by atoms with van der Waals surface area (Å²) in [5, 5.41) is 15.9. The average molecular weight is 562 g/mol. The second kappa shape index (κ2) is 11.3. The molecular weight excluding hydrogens is 525 g/mol. The van der Waals surface area contributed by atoms with Gasteiger partial charge in [0.25, 0.3) is 5.56 Å². The van der Waals surface area contributed by atoms with Crippen LogP contribution in [0.3, 0.4) is 0 Å². The Kier molecular flexibility index (Phi) is 7.60. The number of anilines is 1. The van der Waals surface area contributed by atoms with Crippen LogP contribution in [0.1, 0.15) is 24.0 Å². The van der Waals surface area contributed by atoms with E-state index in [2.05, 4.69) is 19.9 Å². The van der Waals surface area contributed by atoms with E-state index >= 15 is 0 Å². The first-order valence-electron chi connectivity index (χ1n) is 14.1. The lowest BCUT2D eigenvalue weighted by atomic mass is 9.91. The van der Waals surface area contributed by atoms with Gasteiger partial charge in [0.1, 0.15) is 11.3 Å². The fourth-order valence-corrected chi connectivity index (χ4v) is 5.86. The van der Waals surface area contributed by atoms with Gasteiger partial charge >= 0.3 is 0 Å². The fraction of sp³-hybridized carbons (Fsp3) is 0.433. The van der Waals surface area contributed by atoms with E-state index in [1.165, 1.54) is 10.9 Å². The van der Waals surface area contributed by atoms with Crippen molar-refractivity contribution in [3.05, 3.63) is 76.1 Å². The van der Waals surface area contributed by atoms with Crippen LogP contribution in [0, 0.1) is 5.82 Å². The number of aromatic nitrogens is 4. The molecule has 2 aliphatic rings. The van der Waals surface area contributed by atoms with Crippen molar-refractivity contribution in [3.63, 3.8) is 0 Å². The maximum Gasteiger partial charge on any atom is 0.281 e. The molecule has 11 heteroatoms. The maximum atomic E-state index is 15.0. The predicted octanol–water partition coefficient (Wildman–Crippen LogP) is 2.26. The summed E-state index contributed by atoms with van der Waals surface area (Å²) in [5.74, 6) is -0.217. The summed E-state index contributed by atoms with van der Waals surface area (Å²) >= 11 is 0. The van der Waals surface area contributed by atoms with E-state index in [0.717, 1.165) is 35.6 Å². The van der Waals surface area contributed by atoms with E-state index in [9.17, 15) is 14.3 Å². The molecule has 2 aliphatic heterocycles. The van der Waals surface area contributed by atoms with Crippen molar-refractivity contribution in [2.24, 2.45) is 12.8 Å². The molecule has 0 saturated carbocycles. The molecule has 0 atom stereocenters. The minimum absolute atomic E-state index is 0.127. The predicted molar refractivity (Wildman–Crippen MR) is 155 cm³/mol. The average Bonchev–Trinajstić information content (AvgIpc) is 3.34. The quantitative estimate of drug-likeness (QED) is 0.353. The molecule has 0 bridgehead atoms. The molecule has 4 heterocycles. The number of halogens is 1. The third-order valence-corrected chi connectivity index (χ3v) is 8.33. The Bertz CT molecular complexity index is 1590. The van der Waals surface area contributed by atoms with Crippen LogP contribution in [-0.4, -0.2) is 74.3 Å². The summed E-state index contributed by atoms with van der Waals surface area (Å²) in [7, 11) is 1.79. The lowest BCUT2D eigenvalue weighted by Gasteiger charge is -2.38. The van der Waals surface area contributed by atoms with Crippen LogP contribution < -0.4 is 16.2 Å². The van der Waals surface area contributed by atoms with Gasteiger partial charge in [-0.05, 0) is 30.5 Å². The summed E-state index contributed by atoms with van der Waals surface area (Å²) in [6.07, 6.45) is 2.43. The maximum absolute atomic E-state index is 15.0. The van der Waals surface area contributed by atoms with E-state index in [0.29, 0.717) is 63.3 Å². The van der Waals surface area contributed by atoms with Crippen LogP contribution >= 0.6 is 0 Å². The van der Waals surface area contributed by atoms with Crippen LogP contribution in [0.15, 0.2) is 53.6 Å². The van der Waals surface area contributed by atoms with Gasteiger partial charge in [0.2, 0.25) is 0 Å². The van der Waals surface area contributed by atoms with E-state index in [1.54, 1.807) is 17.8 Å². The largest absolute Gasteiger partial charge is 0.388 e. The standard InChI is InChI=1S/C30H36FN7O3/c1-35-28(22-4-2-21(17-32)3-5-22)26-27(34-35)29(39)38(20-33-26)19-30(40)8-10-36(11-9-30)18-23-6-7-24(16-25(23)31)37-12-14-41-15-13-37/h2-7,16,20,40H,8-15,17-19,32H2,1H3. The topological polar surface area (TPSA) is 115 Å². The molecule has 41 heavy (non-hydrogen) atoms. The molecule has 0 radical (unpaired) electrons. The number of ether oxygens (including phenoxy) is 1. The lowest BCUT2D eigenvalue weighted by Crippen LogP contribution is -2.47. The van der Waals surface area contributed by atoms with Crippen LogP contribution in [0.5, 0.6) is 0 Å². The Labute approximate surface area is 237 Å². The number of hydrogen-bond acceptors (Lipinski definition) is 8. The summed E-state index contributed by atoms with van der Waals surface area (Å²) in [6, 6.07) is 13.2. The van der Waals surface area contributed by atoms with Crippen LogP contribution in [-0.2, 0) is 31.4 Å². The van der Waals surface area contributed by atoms with Gasteiger partial charge < -0.3 is 20.5 Å². The lowest BCUT2D eigenvalue weighted by molar-refractivity contribution is -0.0366. The molecule has 2 fully saturated rings. The number of nitrogens with two attached hydrogens (primary N) is 1. The molecular formula is C30H36FN7O3. The molecule has 0 unspecified atom stereocenters. The summed E-state index contributed by atoms with van der Waals surface area (Å²) < 4.78 is 23.5. The number of piperidine rings is 1. The molecule has 2 aromatic carbocycles. The Hall–Kier alpha value is -3.64. The highest BCUT2D eigenvalue weighted by Gasteiger charge is 2.34. The SMILES string of the molecule is Cn1nc2c(=O)n(CC3(O)CCN(Cc4ccc(N5CCOCC5)cc4F)CC3)cnc2c1-c1ccc(CN)cc1. The number of benzene rings is 2. The number of morpholine rings is 1. The zero-order chi connectivity index (χ0) is 28.6. The van der Waals surface area contributed by atoms with E-state index in [-0.39, 0.29) is 23.4 Å². The van der Waals surface area contributed by atoms with Crippen molar-refractivity contribution in [3.8, 4) is 11.3 Å². The van der Waals surface area contributed by atoms with Crippen molar-refractivity contribution in [1.29, 1.82) is 0 Å². The molecule has 0 amide bonds. The van der Waals surface area contributed by atoms with Gasteiger partial charge in [-0.1, -0.05) is 30.3 Å². The highest BCUT2D eigenvalue weighted by molar-refractivity contribution is 5.89. The van der Waals surface area contributed by atoms with Crippen LogP contribution in [0.25, 0.3) is 22.3 Å². The molecule has 2 aromatic heterocycles. The summed E-state index contributed by atoms with van der Waals surface area (Å²) in [6.45, 7) is 5.08. The monoisotopic (exact) mass is 561 g/mol. The molecule has 0 spiro atoms. The zero-order valence-electron chi connectivity index (χ0n) is 23.3. The summed E-state index contributed by atoms with van der Waals surface area (Å²) in [5.41, 5.74) is 9.35. The second-order valence-corrected chi connectivity index (χ2v) is 11.1. The molecule has 4 aromatic rings. The number of rotatable bonds is 7. The van der Waals surface area contributed by atoms with Gasteiger partial charge in [0.15, 0.2) is 5.52 Å². The Morgan fingerprint density at radius 1 is 1.05 bits per heavy atom. The number of fused-ring (bicyclic) bond motifs is 1. The van der Waals surface area contributed by atoms with E-state index < -0.39 is 5.60 Å². The first-order chi connectivity index (χ1) is 19.8. The first kappa shape index (κ1) is 27.5. The number of likely N-dealkylation sites (tertiary alicyclic amines) is 1.